The normalized spacial score (nSPS) is 10.6. The van der Waals surface area contributed by atoms with E-state index in [0.717, 1.165) is 22.8 Å². The molecule has 8 nitrogen and oxygen atoms in total. The van der Waals surface area contributed by atoms with Crippen molar-refractivity contribution in [1.82, 2.24) is 10.3 Å². The fourth-order valence-electron chi connectivity index (χ4n) is 3.09. The quantitative estimate of drug-likeness (QED) is 0.351. The number of benzene rings is 2. The first kappa shape index (κ1) is 23.3. The van der Waals surface area contributed by atoms with Gasteiger partial charge in [0.2, 0.25) is 6.41 Å². The molecule has 0 saturated heterocycles. The van der Waals surface area contributed by atoms with Crippen LogP contribution >= 0.6 is 0 Å². The van der Waals surface area contributed by atoms with Gasteiger partial charge in [0.1, 0.15) is 11.6 Å². The predicted octanol–water partition coefficient (Wildman–Crippen LogP) is 3.71. The first-order chi connectivity index (χ1) is 15.9. The summed E-state index contributed by atoms with van der Waals surface area (Å²) in [4.78, 5) is 26.4. The number of halogens is 1. The summed E-state index contributed by atoms with van der Waals surface area (Å²) in [6, 6.07) is 13.9. The van der Waals surface area contributed by atoms with Crippen LogP contribution in [0.25, 0.3) is 6.08 Å². The van der Waals surface area contributed by atoms with E-state index in [4.69, 9.17) is 10.5 Å². The van der Waals surface area contributed by atoms with Gasteiger partial charge in [-0.3, -0.25) is 9.59 Å². The van der Waals surface area contributed by atoms with Crippen LogP contribution in [0, 0.1) is 12.7 Å². The highest BCUT2D eigenvalue weighted by Gasteiger charge is 2.16. The number of aromatic nitrogens is 1. The Kier molecular flexibility index (Phi) is 7.59. The number of pyridine rings is 1. The number of nitrogens with zero attached hydrogens (tertiary/aromatic N) is 1. The number of primary amides is 1. The molecule has 0 unspecified atom stereocenters. The van der Waals surface area contributed by atoms with Gasteiger partial charge in [-0.05, 0) is 47.9 Å². The fourth-order valence-corrected chi connectivity index (χ4v) is 3.09. The van der Waals surface area contributed by atoms with Crippen LogP contribution in [-0.2, 0) is 11.3 Å². The Hall–Kier alpha value is -4.40. The van der Waals surface area contributed by atoms with Crippen LogP contribution in [0.5, 0.6) is 5.75 Å². The molecule has 0 atom stereocenters. The van der Waals surface area contributed by atoms with Crippen molar-refractivity contribution in [3.63, 3.8) is 0 Å². The number of carbonyl (C=O) groups excluding carboxylic acids is 2. The molecule has 2 amide bonds. The zero-order valence-electron chi connectivity index (χ0n) is 18.2. The smallest absolute Gasteiger partial charge is 0.252 e. The van der Waals surface area contributed by atoms with Gasteiger partial charge in [0.15, 0.2) is 11.6 Å². The lowest BCUT2D eigenvalue weighted by atomic mass is 10.1. The molecule has 0 saturated carbocycles. The van der Waals surface area contributed by atoms with Crippen molar-refractivity contribution in [3.05, 3.63) is 82.8 Å². The Morgan fingerprint density at radius 2 is 1.91 bits per heavy atom. The highest BCUT2D eigenvalue weighted by Crippen LogP contribution is 2.27. The van der Waals surface area contributed by atoms with Gasteiger partial charge in [-0.1, -0.05) is 24.3 Å². The van der Waals surface area contributed by atoms with Gasteiger partial charge >= 0.3 is 0 Å². The summed E-state index contributed by atoms with van der Waals surface area (Å²) in [5, 5.41) is 8.42. The van der Waals surface area contributed by atoms with Crippen molar-refractivity contribution in [2.45, 2.75) is 13.5 Å². The molecule has 2 aromatic carbocycles. The molecule has 0 spiro atoms. The van der Waals surface area contributed by atoms with E-state index in [1.54, 1.807) is 19.3 Å². The van der Waals surface area contributed by atoms with Crippen molar-refractivity contribution < 1.29 is 18.7 Å². The van der Waals surface area contributed by atoms with E-state index in [1.165, 1.54) is 6.20 Å². The molecule has 0 fully saturated rings. The number of amides is 2. The second-order valence-electron chi connectivity index (χ2n) is 7.16. The molecule has 9 heteroatoms. The molecule has 170 valence electrons. The number of carbonyl (C=O) groups is 2. The zero-order chi connectivity index (χ0) is 23.8. The number of methoxy groups -OCH3 is 1. The summed E-state index contributed by atoms with van der Waals surface area (Å²) in [5.74, 6) is -0.777. The summed E-state index contributed by atoms with van der Waals surface area (Å²) in [7, 11) is 1.55. The SMILES string of the molecule is COc1cc(C)cc(Nc2nc(NCc3ccc(/C=C/NC=O)cc3)c(F)cc2C(N)=O)c1. The second kappa shape index (κ2) is 10.8. The maximum absolute atomic E-state index is 14.6. The highest BCUT2D eigenvalue weighted by molar-refractivity contribution is 5.98. The minimum atomic E-state index is -0.803. The number of ether oxygens (including phenoxy) is 1. The van der Waals surface area contributed by atoms with Crippen molar-refractivity contribution in [2.75, 3.05) is 17.7 Å². The molecule has 3 aromatic rings. The van der Waals surface area contributed by atoms with Crippen LogP contribution in [0.3, 0.4) is 0 Å². The molecule has 0 bridgehead atoms. The van der Waals surface area contributed by atoms with Crippen molar-refractivity contribution in [2.24, 2.45) is 5.73 Å². The van der Waals surface area contributed by atoms with Crippen molar-refractivity contribution in [1.29, 1.82) is 0 Å². The molecule has 0 aliphatic rings. The minimum absolute atomic E-state index is 0.0266. The largest absolute Gasteiger partial charge is 0.497 e. The minimum Gasteiger partial charge on any atom is -0.497 e. The monoisotopic (exact) mass is 449 g/mol. The van der Waals surface area contributed by atoms with E-state index in [9.17, 15) is 14.0 Å². The Labute approximate surface area is 190 Å². The summed E-state index contributed by atoms with van der Waals surface area (Å²) < 4.78 is 19.9. The average molecular weight is 449 g/mol. The van der Waals surface area contributed by atoms with Gasteiger partial charge in [0.25, 0.3) is 5.91 Å². The molecular weight excluding hydrogens is 425 g/mol. The summed E-state index contributed by atoms with van der Waals surface area (Å²) in [6.07, 6.45) is 3.85. The first-order valence-corrected chi connectivity index (χ1v) is 10.0. The number of anilines is 3. The molecule has 1 aromatic heterocycles. The molecule has 1 heterocycles. The zero-order valence-corrected chi connectivity index (χ0v) is 18.2. The van der Waals surface area contributed by atoms with Crippen molar-refractivity contribution in [3.8, 4) is 5.75 Å². The summed E-state index contributed by atoms with van der Waals surface area (Å²) in [6.45, 7) is 2.20. The van der Waals surface area contributed by atoms with E-state index in [1.807, 2.05) is 43.3 Å². The van der Waals surface area contributed by atoms with Gasteiger partial charge in [0, 0.05) is 24.5 Å². The van der Waals surface area contributed by atoms with Crippen LogP contribution < -0.4 is 26.4 Å². The van der Waals surface area contributed by atoms with Gasteiger partial charge < -0.3 is 26.4 Å². The topological polar surface area (TPSA) is 118 Å². The number of hydrogen-bond acceptors (Lipinski definition) is 6. The fraction of sp³-hybridized carbons (Fsp3) is 0.125. The van der Waals surface area contributed by atoms with E-state index in [0.29, 0.717) is 24.4 Å². The number of aryl methyl sites for hydroxylation is 1. The molecular formula is C24H24FN5O3. The Bertz CT molecular complexity index is 1180. The number of hydrogen-bond donors (Lipinski definition) is 4. The van der Waals surface area contributed by atoms with Gasteiger partial charge in [-0.15, -0.1) is 0 Å². The average Bonchev–Trinajstić information content (AvgIpc) is 2.79. The molecule has 0 aliphatic heterocycles. The van der Waals surface area contributed by atoms with Crippen LogP contribution in [0.4, 0.5) is 21.7 Å². The third kappa shape index (κ3) is 6.30. The molecule has 3 rings (SSSR count). The third-order valence-corrected chi connectivity index (χ3v) is 4.67. The van der Waals surface area contributed by atoms with Crippen LogP contribution in [0.1, 0.15) is 27.0 Å². The van der Waals surface area contributed by atoms with Gasteiger partial charge in [0.05, 0.1) is 12.7 Å². The number of nitrogens with two attached hydrogens (primary N) is 1. The third-order valence-electron chi connectivity index (χ3n) is 4.67. The lowest BCUT2D eigenvalue weighted by molar-refractivity contribution is -0.108. The molecule has 5 N–H and O–H groups in total. The standard InChI is InChI=1S/C24H24FN5O3/c1-15-9-18(11-19(10-15)33-2)29-23-20(22(26)32)12-21(25)24(30-23)28-13-17-5-3-16(4-6-17)7-8-27-14-31/h3-12,14H,13H2,1-2H3,(H2,26,32)(H,27,31)(H2,28,29,30)/b8-7+. The lowest BCUT2D eigenvalue weighted by Crippen LogP contribution is -2.16. The Balaban J connectivity index is 1.81. The van der Waals surface area contributed by atoms with Gasteiger partial charge in [-0.2, -0.15) is 0 Å². The maximum atomic E-state index is 14.6. The number of nitrogens with one attached hydrogen (secondary N) is 3. The Morgan fingerprint density at radius 1 is 1.15 bits per heavy atom. The Morgan fingerprint density at radius 3 is 2.58 bits per heavy atom. The van der Waals surface area contributed by atoms with E-state index in [-0.39, 0.29) is 17.2 Å². The van der Waals surface area contributed by atoms with Crippen molar-refractivity contribution >= 4 is 35.7 Å². The molecule has 0 aliphatic carbocycles. The maximum Gasteiger partial charge on any atom is 0.252 e. The number of rotatable bonds is 10. The summed E-state index contributed by atoms with van der Waals surface area (Å²) >= 11 is 0. The van der Waals surface area contributed by atoms with E-state index >= 15 is 0 Å². The van der Waals surface area contributed by atoms with E-state index < -0.39 is 11.7 Å². The molecule has 33 heavy (non-hydrogen) atoms. The highest BCUT2D eigenvalue weighted by atomic mass is 19.1. The van der Waals surface area contributed by atoms with Crippen LogP contribution in [0.2, 0.25) is 0 Å². The second-order valence-corrected chi connectivity index (χ2v) is 7.16. The summed E-state index contributed by atoms with van der Waals surface area (Å²) in [5.41, 5.74) is 8.69. The van der Waals surface area contributed by atoms with Crippen LogP contribution in [-0.4, -0.2) is 24.4 Å². The first-order valence-electron chi connectivity index (χ1n) is 10.0. The predicted molar refractivity (Wildman–Crippen MR) is 126 cm³/mol. The van der Waals surface area contributed by atoms with Gasteiger partial charge in [-0.25, -0.2) is 9.37 Å². The van der Waals surface area contributed by atoms with E-state index in [2.05, 4.69) is 20.9 Å². The van der Waals surface area contributed by atoms with Crippen LogP contribution in [0.15, 0.2) is 54.7 Å². The molecule has 0 radical (unpaired) electrons. The lowest BCUT2D eigenvalue weighted by Gasteiger charge is -2.14.